The lowest BCUT2D eigenvalue weighted by atomic mass is 10.0. The summed E-state index contributed by atoms with van der Waals surface area (Å²) in [6.07, 6.45) is 0.264. The number of hydrogen-bond acceptors (Lipinski definition) is 4. The van der Waals surface area contributed by atoms with Crippen molar-refractivity contribution in [2.24, 2.45) is 5.92 Å². The largest absolute Gasteiger partial charge is 0.480 e. The number of carbonyl (C=O) groups excluding carboxylic acids is 3. The third-order valence-electron chi connectivity index (χ3n) is 4.83. The van der Waals surface area contributed by atoms with Gasteiger partial charge in [-0.1, -0.05) is 50.2 Å². The highest BCUT2D eigenvalue weighted by Gasteiger charge is 2.30. The monoisotopic (exact) mass is 439 g/mol. The molecule has 0 fully saturated rings. The van der Waals surface area contributed by atoms with E-state index in [0.717, 1.165) is 0 Å². The number of para-hydroxylation sites is 1. The first-order chi connectivity index (χ1) is 15.2. The van der Waals surface area contributed by atoms with Crippen LogP contribution < -0.4 is 15.5 Å². The van der Waals surface area contributed by atoms with Gasteiger partial charge in [-0.05, 0) is 43.5 Å². The van der Waals surface area contributed by atoms with Crippen LogP contribution >= 0.6 is 0 Å². The second-order valence-corrected chi connectivity index (χ2v) is 7.85. The van der Waals surface area contributed by atoms with Gasteiger partial charge in [0.2, 0.25) is 11.8 Å². The van der Waals surface area contributed by atoms with Crippen LogP contribution in [0.25, 0.3) is 0 Å². The lowest BCUT2D eigenvalue weighted by molar-refractivity contribution is -0.142. The summed E-state index contributed by atoms with van der Waals surface area (Å²) >= 11 is 0. The SMILES string of the molecule is CC(C)CC(NC(=O)C(C)N(C(=O)CNC(=O)c1ccccc1)c1ccccc1)C(=O)O. The fourth-order valence-electron chi connectivity index (χ4n) is 3.21. The number of anilines is 1. The Morgan fingerprint density at radius 1 is 0.906 bits per heavy atom. The highest BCUT2D eigenvalue weighted by molar-refractivity contribution is 6.04. The molecule has 3 amide bonds. The van der Waals surface area contributed by atoms with Gasteiger partial charge in [0.1, 0.15) is 12.1 Å². The molecule has 170 valence electrons. The summed E-state index contributed by atoms with van der Waals surface area (Å²) in [5.41, 5.74) is 0.875. The maximum Gasteiger partial charge on any atom is 0.326 e. The number of carboxylic acid groups (broad SMARTS) is 1. The van der Waals surface area contributed by atoms with Gasteiger partial charge in [-0.25, -0.2) is 4.79 Å². The number of carbonyl (C=O) groups is 4. The van der Waals surface area contributed by atoms with E-state index in [9.17, 15) is 24.3 Å². The zero-order chi connectivity index (χ0) is 23.7. The molecule has 32 heavy (non-hydrogen) atoms. The number of aliphatic carboxylic acids is 1. The first kappa shape index (κ1) is 24.6. The van der Waals surface area contributed by atoms with E-state index in [1.165, 1.54) is 11.8 Å². The summed E-state index contributed by atoms with van der Waals surface area (Å²) in [5.74, 6) is -2.57. The highest BCUT2D eigenvalue weighted by Crippen LogP contribution is 2.17. The Bertz CT molecular complexity index is 931. The molecule has 0 aliphatic rings. The molecule has 8 nitrogen and oxygen atoms in total. The summed E-state index contributed by atoms with van der Waals surface area (Å²) in [5, 5.41) is 14.5. The van der Waals surface area contributed by atoms with Crippen molar-refractivity contribution < 1.29 is 24.3 Å². The lowest BCUT2D eigenvalue weighted by Gasteiger charge is -2.30. The first-order valence-corrected chi connectivity index (χ1v) is 10.4. The van der Waals surface area contributed by atoms with Gasteiger partial charge in [-0.3, -0.25) is 19.3 Å². The maximum absolute atomic E-state index is 13.0. The Balaban J connectivity index is 2.17. The normalized spacial score (nSPS) is 12.5. The summed E-state index contributed by atoms with van der Waals surface area (Å²) in [4.78, 5) is 51.0. The van der Waals surface area contributed by atoms with Crippen LogP contribution in [0.2, 0.25) is 0 Å². The molecule has 0 aliphatic heterocycles. The van der Waals surface area contributed by atoms with Crippen LogP contribution in [0.3, 0.4) is 0 Å². The molecular weight excluding hydrogens is 410 g/mol. The van der Waals surface area contributed by atoms with E-state index in [1.54, 1.807) is 60.7 Å². The molecule has 0 heterocycles. The smallest absolute Gasteiger partial charge is 0.326 e. The number of nitrogens with one attached hydrogen (secondary N) is 2. The topological polar surface area (TPSA) is 116 Å². The van der Waals surface area contributed by atoms with E-state index < -0.39 is 35.8 Å². The van der Waals surface area contributed by atoms with Crippen molar-refractivity contribution in [1.29, 1.82) is 0 Å². The van der Waals surface area contributed by atoms with E-state index in [0.29, 0.717) is 11.3 Å². The molecule has 2 atom stereocenters. The van der Waals surface area contributed by atoms with Crippen molar-refractivity contribution in [3.63, 3.8) is 0 Å². The predicted octanol–water partition coefficient (Wildman–Crippen LogP) is 2.45. The molecule has 0 radical (unpaired) electrons. The average Bonchev–Trinajstić information content (AvgIpc) is 2.78. The Labute approximate surface area is 187 Å². The Kier molecular flexibility index (Phi) is 8.95. The number of nitrogens with zero attached hydrogens (tertiary/aromatic N) is 1. The van der Waals surface area contributed by atoms with Crippen LogP contribution in [0.5, 0.6) is 0 Å². The summed E-state index contributed by atoms with van der Waals surface area (Å²) in [6.45, 7) is 4.92. The molecule has 2 unspecified atom stereocenters. The average molecular weight is 440 g/mol. The third-order valence-corrected chi connectivity index (χ3v) is 4.83. The first-order valence-electron chi connectivity index (χ1n) is 10.4. The minimum Gasteiger partial charge on any atom is -0.480 e. The molecule has 0 bridgehead atoms. The van der Waals surface area contributed by atoms with Crippen molar-refractivity contribution in [2.75, 3.05) is 11.4 Å². The molecule has 0 spiro atoms. The van der Waals surface area contributed by atoms with Gasteiger partial charge >= 0.3 is 5.97 Å². The van der Waals surface area contributed by atoms with Gasteiger partial charge < -0.3 is 15.7 Å². The fraction of sp³-hybridized carbons (Fsp3) is 0.333. The molecule has 0 aliphatic carbocycles. The minimum absolute atomic E-state index is 0.0618. The Morgan fingerprint density at radius 2 is 1.47 bits per heavy atom. The van der Waals surface area contributed by atoms with Crippen LogP contribution in [0.15, 0.2) is 60.7 Å². The number of carboxylic acids is 1. The molecule has 0 saturated carbocycles. The summed E-state index contributed by atoms with van der Waals surface area (Å²) in [6, 6.07) is 15.0. The van der Waals surface area contributed by atoms with Crippen molar-refractivity contribution in [3.8, 4) is 0 Å². The quantitative estimate of drug-likeness (QED) is 0.526. The molecule has 3 N–H and O–H groups in total. The Morgan fingerprint density at radius 3 is 2.00 bits per heavy atom. The minimum atomic E-state index is -1.13. The van der Waals surface area contributed by atoms with Gasteiger partial charge in [0.25, 0.3) is 5.91 Å². The van der Waals surface area contributed by atoms with Crippen LogP contribution in [-0.2, 0) is 14.4 Å². The van der Waals surface area contributed by atoms with E-state index in [2.05, 4.69) is 10.6 Å². The molecule has 0 saturated heterocycles. The maximum atomic E-state index is 13.0. The highest BCUT2D eigenvalue weighted by atomic mass is 16.4. The van der Waals surface area contributed by atoms with Gasteiger partial charge in [-0.2, -0.15) is 0 Å². The number of rotatable bonds is 10. The second-order valence-electron chi connectivity index (χ2n) is 7.85. The van der Waals surface area contributed by atoms with Gasteiger partial charge in [-0.15, -0.1) is 0 Å². The zero-order valence-corrected chi connectivity index (χ0v) is 18.4. The van der Waals surface area contributed by atoms with E-state index in [-0.39, 0.29) is 18.9 Å². The molecule has 0 aromatic heterocycles. The van der Waals surface area contributed by atoms with Crippen molar-refractivity contribution in [2.45, 2.75) is 39.3 Å². The molecule has 2 aromatic rings. The molecule has 8 heteroatoms. The second kappa shape index (κ2) is 11.6. The summed E-state index contributed by atoms with van der Waals surface area (Å²) in [7, 11) is 0. The van der Waals surface area contributed by atoms with Gasteiger partial charge in [0.05, 0.1) is 6.54 Å². The van der Waals surface area contributed by atoms with E-state index in [1.807, 2.05) is 13.8 Å². The van der Waals surface area contributed by atoms with E-state index >= 15 is 0 Å². The third kappa shape index (κ3) is 6.94. The Hall–Kier alpha value is -3.68. The fourth-order valence-corrected chi connectivity index (χ4v) is 3.21. The standard InChI is InChI=1S/C24H29N3O5/c1-16(2)14-20(24(31)32)26-22(29)17(3)27(19-12-8-5-9-13-19)21(28)15-25-23(30)18-10-6-4-7-11-18/h4-13,16-17,20H,14-15H2,1-3H3,(H,25,30)(H,26,29)(H,31,32). The van der Waals surface area contributed by atoms with Gasteiger partial charge in [0.15, 0.2) is 0 Å². The summed E-state index contributed by atoms with van der Waals surface area (Å²) < 4.78 is 0. The van der Waals surface area contributed by atoms with Crippen molar-refractivity contribution in [3.05, 3.63) is 66.2 Å². The van der Waals surface area contributed by atoms with Crippen LogP contribution in [0.1, 0.15) is 37.6 Å². The van der Waals surface area contributed by atoms with E-state index in [4.69, 9.17) is 0 Å². The molecule has 2 rings (SSSR count). The number of amides is 3. The number of hydrogen-bond donors (Lipinski definition) is 3. The van der Waals surface area contributed by atoms with Crippen LogP contribution in [0, 0.1) is 5.92 Å². The number of benzene rings is 2. The lowest BCUT2D eigenvalue weighted by Crippen LogP contribution is -2.54. The molecular formula is C24H29N3O5. The van der Waals surface area contributed by atoms with Crippen molar-refractivity contribution >= 4 is 29.4 Å². The van der Waals surface area contributed by atoms with Crippen LogP contribution in [0.4, 0.5) is 5.69 Å². The molecule has 2 aromatic carbocycles. The van der Waals surface area contributed by atoms with Gasteiger partial charge in [0, 0.05) is 11.3 Å². The zero-order valence-electron chi connectivity index (χ0n) is 18.4. The van der Waals surface area contributed by atoms with Crippen LogP contribution in [-0.4, -0.2) is 47.4 Å². The van der Waals surface area contributed by atoms with Crippen molar-refractivity contribution in [1.82, 2.24) is 10.6 Å². The predicted molar refractivity (Wildman–Crippen MR) is 121 cm³/mol.